The highest BCUT2D eigenvalue weighted by atomic mass is 79.9. The van der Waals surface area contributed by atoms with Gasteiger partial charge in [-0.2, -0.15) is 5.10 Å². The number of carbonyl (C=O) groups is 2. The van der Waals surface area contributed by atoms with E-state index in [1.807, 2.05) is 27.7 Å². The van der Waals surface area contributed by atoms with Gasteiger partial charge in [-0.25, -0.2) is 5.43 Å². The second kappa shape index (κ2) is 12.3. The molecule has 0 saturated carbocycles. The minimum absolute atomic E-state index is 0.0278. The summed E-state index contributed by atoms with van der Waals surface area (Å²) >= 11 is 15.5. The van der Waals surface area contributed by atoms with Crippen molar-refractivity contribution < 1.29 is 19.1 Å². The normalized spacial score (nSPS) is 12.2. The van der Waals surface area contributed by atoms with Gasteiger partial charge in [0.15, 0.2) is 11.5 Å². The Labute approximate surface area is 211 Å². The van der Waals surface area contributed by atoms with Crippen molar-refractivity contribution >= 4 is 57.2 Å². The molecule has 2 aromatic carbocycles. The average molecular weight is 559 g/mol. The summed E-state index contributed by atoms with van der Waals surface area (Å²) < 4.78 is 11.9. The molecule has 0 radical (unpaired) electrons. The number of benzene rings is 2. The van der Waals surface area contributed by atoms with Gasteiger partial charge in [-0.1, -0.05) is 37.0 Å². The van der Waals surface area contributed by atoms with Crippen LogP contribution in [-0.4, -0.2) is 37.3 Å². The highest BCUT2D eigenvalue weighted by Crippen LogP contribution is 2.37. The van der Waals surface area contributed by atoms with Gasteiger partial charge < -0.3 is 14.8 Å². The summed E-state index contributed by atoms with van der Waals surface area (Å²) in [4.78, 5) is 25.3. The third-order valence-electron chi connectivity index (χ3n) is 4.41. The van der Waals surface area contributed by atoms with E-state index in [9.17, 15) is 9.59 Å². The lowest BCUT2D eigenvalue weighted by Crippen LogP contribution is -2.48. The lowest BCUT2D eigenvalue weighted by atomic mass is 10.0. The second-order valence-electron chi connectivity index (χ2n) is 7.75. The summed E-state index contributed by atoms with van der Waals surface area (Å²) in [5.41, 5.74) is 3.37. The van der Waals surface area contributed by atoms with Gasteiger partial charge in [-0.3, -0.25) is 9.59 Å². The molecular formula is C23H26BrCl2N3O4. The fourth-order valence-electron chi connectivity index (χ4n) is 2.83. The van der Waals surface area contributed by atoms with E-state index in [0.29, 0.717) is 26.6 Å². The largest absolute Gasteiger partial charge is 0.493 e. The van der Waals surface area contributed by atoms with E-state index in [0.717, 1.165) is 0 Å². The predicted molar refractivity (Wildman–Crippen MR) is 135 cm³/mol. The molecular weight excluding hydrogens is 533 g/mol. The third kappa shape index (κ3) is 7.62. The van der Waals surface area contributed by atoms with Crippen molar-refractivity contribution in [3.63, 3.8) is 0 Å². The zero-order chi connectivity index (χ0) is 24.7. The Balaban J connectivity index is 2.11. The van der Waals surface area contributed by atoms with Gasteiger partial charge in [0.2, 0.25) is 0 Å². The van der Waals surface area contributed by atoms with Gasteiger partial charge in [0, 0.05) is 5.02 Å². The Morgan fingerprint density at radius 1 is 1.12 bits per heavy atom. The van der Waals surface area contributed by atoms with E-state index in [4.69, 9.17) is 32.7 Å². The first kappa shape index (κ1) is 27.0. The van der Waals surface area contributed by atoms with Gasteiger partial charge in [0.05, 0.1) is 34.5 Å². The molecule has 2 amide bonds. The molecule has 1 atom stereocenters. The van der Waals surface area contributed by atoms with Crippen molar-refractivity contribution in [3.05, 3.63) is 56.0 Å². The summed E-state index contributed by atoms with van der Waals surface area (Å²) in [6.45, 7) is 7.46. The molecule has 0 spiro atoms. The van der Waals surface area contributed by atoms with Gasteiger partial charge >= 0.3 is 0 Å². The van der Waals surface area contributed by atoms with Crippen molar-refractivity contribution in [2.75, 3.05) is 7.11 Å². The summed E-state index contributed by atoms with van der Waals surface area (Å²) in [5.74, 6) is -0.0403. The summed E-state index contributed by atoms with van der Waals surface area (Å²) in [5, 5.41) is 7.34. The van der Waals surface area contributed by atoms with Crippen LogP contribution in [-0.2, 0) is 4.79 Å². The molecule has 33 heavy (non-hydrogen) atoms. The zero-order valence-corrected chi connectivity index (χ0v) is 22.0. The number of rotatable bonds is 9. The van der Waals surface area contributed by atoms with Gasteiger partial charge in [-0.15, -0.1) is 0 Å². The molecule has 0 fully saturated rings. The molecule has 0 bridgehead atoms. The average Bonchev–Trinajstić information content (AvgIpc) is 2.72. The molecule has 0 aliphatic rings. The van der Waals surface area contributed by atoms with Crippen LogP contribution >= 0.6 is 39.1 Å². The first-order chi connectivity index (χ1) is 15.5. The highest BCUT2D eigenvalue weighted by molar-refractivity contribution is 9.10. The topological polar surface area (TPSA) is 89.0 Å². The number of hydrazone groups is 1. The van der Waals surface area contributed by atoms with Gasteiger partial charge in [-0.05, 0) is 71.6 Å². The Morgan fingerprint density at radius 3 is 2.39 bits per heavy atom. The first-order valence-electron chi connectivity index (χ1n) is 10.2. The Hall–Kier alpha value is -2.29. The molecule has 0 aliphatic heterocycles. The van der Waals surface area contributed by atoms with Crippen molar-refractivity contribution in [2.45, 2.75) is 39.8 Å². The minimum Gasteiger partial charge on any atom is -0.493 e. The fourth-order valence-corrected chi connectivity index (χ4v) is 3.88. The molecule has 178 valence electrons. The van der Waals surface area contributed by atoms with Gasteiger partial charge in [0.25, 0.3) is 11.8 Å². The fraction of sp³-hybridized carbons (Fsp3) is 0.348. The molecule has 1 unspecified atom stereocenters. The molecule has 0 aromatic heterocycles. The lowest BCUT2D eigenvalue weighted by molar-refractivity contribution is -0.123. The molecule has 0 saturated heterocycles. The number of hydrogen-bond donors (Lipinski definition) is 2. The van der Waals surface area contributed by atoms with Crippen molar-refractivity contribution in [2.24, 2.45) is 11.0 Å². The SMILES string of the molecule is COc1cc(/C=N/NC(=O)C(NC(=O)c2ccc(Cl)cc2Cl)C(C)C)cc(Br)c1OC(C)C. The van der Waals surface area contributed by atoms with Crippen LogP contribution in [0.15, 0.2) is 39.9 Å². The van der Waals surface area contributed by atoms with Crippen LogP contribution in [0.3, 0.4) is 0 Å². The van der Waals surface area contributed by atoms with Crippen molar-refractivity contribution in [1.29, 1.82) is 0 Å². The number of carbonyl (C=O) groups excluding carboxylic acids is 2. The predicted octanol–water partition coefficient (Wildman–Crippen LogP) is 5.46. The molecule has 0 heterocycles. The lowest BCUT2D eigenvalue weighted by Gasteiger charge is -2.20. The first-order valence-corrected chi connectivity index (χ1v) is 11.7. The summed E-state index contributed by atoms with van der Waals surface area (Å²) in [6.07, 6.45) is 1.44. The maximum absolute atomic E-state index is 12.7. The van der Waals surface area contributed by atoms with Crippen LogP contribution in [0.2, 0.25) is 10.0 Å². The van der Waals surface area contributed by atoms with E-state index >= 15 is 0 Å². The van der Waals surface area contributed by atoms with Crippen LogP contribution in [0.5, 0.6) is 11.5 Å². The molecule has 7 nitrogen and oxygen atoms in total. The van der Waals surface area contributed by atoms with Crippen LogP contribution < -0.4 is 20.2 Å². The molecule has 0 aliphatic carbocycles. The minimum atomic E-state index is -0.829. The number of nitrogens with zero attached hydrogens (tertiary/aromatic N) is 1. The van der Waals surface area contributed by atoms with Crippen molar-refractivity contribution in [3.8, 4) is 11.5 Å². The monoisotopic (exact) mass is 557 g/mol. The summed E-state index contributed by atoms with van der Waals surface area (Å²) in [7, 11) is 1.54. The molecule has 2 N–H and O–H groups in total. The van der Waals surface area contributed by atoms with E-state index in [1.54, 1.807) is 25.3 Å². The third-order valence-corrected chi connectivity index (χ3v) is 5.54. The number of halogens is 3. The number of ether oxygens (including phenoxy) is 2. The zero-order valence-electron chi connectivity index (χ0n) is 18.9. The van der Waals surface area contributed by atoms with Crippen LogP contribution in [0, 0.1) is 5.92 Å². The smallest absolute Gasteiger partial charge is 0.262 e. The van der Waals surface area contributed by atoms with Crippen LogP contribution in [0.25, 0.3) is 0 Å². The highest BCUT2D eigenvalue weighted by Gasteiger charge is 2.25. The van der Waals surface area contributed by atoms with E-state index in [2.05, 4.69) is 31.8 Å². The molecule has 10 heteroatoms. The summed E-state index contributed by atoms with van der Waals surface area (Å²) in [6, 6.07) is 7.23. The quantitative estimate of drug-likeness (QED) is 0.316. The van der Waals surface area contributed by atoms with E-state index in [1.165, 1.54) is 18.3 Å². The molecule has 2 rings (SSSR count). The molecule has 2 aromatic rings. The van der Waals surface area contributed by atoms with E-state index < -0.39 is 17.9 Å². The maximum Gasteiger partial charge on any atom is 0.262 e. The second-order valence-corrected chi connectivity index (χ2v) is 9.45. The van der Waals surface area contributed by atoms with Crippen LogP contribution in [0.1, 0.15) is 43.6 Å². The Morgan fingerprint density at radius 2 is 1.82 bits per heavy atom. The Bertz CT molecular complexity index is 1040. The van der Waals surface area contributed by atoms with Gasteiger partial charge in [0.1, 0.15) is 6.04 Å². The van der Waals surface area contributed by atoms with Crippen LogP contribution in [0.4, 0.5) is 0 Å². The number of methoxy groups -OCH3 is 1. The number of amides is 2. The Kier molecular flexibility index (Phi) is 10.0. The van der Waals surface area contributed by atoms with Crippen molar-refractivity contribution in [1.82, 2.24) is 10.7 Å². The number of hydrogen-bond acceptors (Lipinski definition) is 5. The maximum atomic E-state index is 12.7. The van der Waals surface area contributed by atoms with E-state index in [-0.39, 0.29) is 22.6 Å². The standard InChI is InChI=1S/C23H26BrCl2N3O4/c1-12(2)20(28-22(30)16-7-6-15(25)10-18(16)26)23(31)29-27-11-14-8-17(24)21(33-13(3)4)19(9-14)32-5/h6-13,20H,1-5H3,(H,28,30)(H,29,31)/b27-11+. The number of nitrogens with one attached hydrogen (secondary N) is 2.